The summed E-state index contributed by atoms with van der Waals surface area (Å²) in [5.74, 6) is 0.975. The van der Waals surface area contributed by atoms with Gasteiger partial charge < -0.3 is 5.32 Å². The van der Waals surface area contributed by atoms with Gasteiger partial charge in [-0.05, 0) is 52.1 Å². The summed E-state index contributed by atoms with van der Waals surface area (Å²) in [6, 6.07) is 1.60. The fourth-order valence-electron chi connectivity index (χ4n) is 2.70. The predicted octanol–water partition coefficient (Wildman–Crippen LogP) is 2.25. The fourth-order valence-corrected chi connectivity index (χ4v) is 2.70. The second-order valence-corrected chi connectivity index (χ2v) is 5.55. The molecule has 0 bridgehead atoms. The number of nitrogens with one attached hydrogen (secondary N) is 1. The van der Waals surface area contributed by atoms with Crippen molar-refractivity contribution in [3.05, 3.63) is 0 Å². The molecule has 0 aromatic heterocycles. The zero-order chi connectivity index (χ0) is 10.7. The Hall–Kier alpha value is -0.0800. The van der Waals surface area contributed by atoms with E-state index in [1.807, 2.05) is 0 Å². The van der Waals surface area contributed by atoms with Crippen LogP contribution in [0.5, 0.6) is 0 Å². The van der Waals surface area contributed by atoms with Crippen molar-refractivity contribution in [3.8, 4) is 0 Å². The lowest BCUT2D eigenvalue weighted by molar-refractivity contribution is 0.238. The van der Waals surface area contributed by atoms with Crippen LogP contribution in [0.25, 0.3) is 0 Å². The summed E-state index contributed by atoms with van der Waals surface area (Å²) in [6.07, 6.45) is 8.68. The summed E-state index contributed by atoms with van der Waals surface area (Å²) in [6.45, 7) is 4.77. The molecule has 0 aliphatic heterocycles. The van der Waals surface area contributed by atoms with E-state index in [1.54, 1.807) is 0 Å². The van der Waals surface area contributed by atoms with Crippen LogP contribution in [0.3, 0.4) is 0 Å². The molecular formula is C13H26N2. The van der Waals surface area contributed by atoms with E-state index in [9.17, 15) is 0 Å². The lowest BCUT2D eigenvalue weighted by Gasteiger charge is -2.25. The molecule has 0 aromatic rings. The molecule has 88 valence electrons. The molecule has 0 saturated heterocycles. The molecule has 1 atom stereocenters. The molecule has 0 aromatic carbocycles. The Balaban J connectivity index is 1.55. The van der Waals surface area contributed by atoms with Gasteiger partial charge in [-0.15, -0.1) is 0 Å². The third kappa shape index (κ3) is 3.46. The van der Waals surface area contributed by atoms with E-state index in [0.717, 1.165) is 12.0 Å². The zero-order valence-corrected chi connectivity index (χ0v) is 10.3. The maximum absolute atomic E-state index is 3.65. The standard InChI is InChI=1S/C13H26N2/c1-11(15(2)13-7-8-13)9-14-10-12-5-3-4-6-12/h11-14H,3-10H2,1-2H3. The SMILES string of the molecule is CC(CNCC1CCCC1)N(C)C1CC1. The summed E-state index contributed by atoms with van der Waals surface area (Å²) >= 11 is 0. The molecule has 2 heteroatoms. The number of likely N-dealkylation sites (N-methyl/N-ethyl adjacent to an activating group) is 1. The van der Waals surface area contributed by atoms with E-state index in [1.165, 1.54) is 51.6 Å². The van der Waals surface area contributed by atoms with Crippen LogP contribution in [0.1, 0.15) is 45.4 Å². The molecule has 2 saturated carbocycles. The maximum atomic E-state index is 3.65. The third-order valence-electron chi connectivity index (χ3n) is 4.17. The minimum absolute atomic E-state index is 0.707. The summed E-state index contributed by atoms with van der Waals surface area (Å²) in [7, 11) is 2.28. The van der Waals surface area contributed by atoms with Gasteiger partial charge >= 0.3 is 0 Å². The van der Waals surface area contributed by atoms with Crippen molar-refractivity contribution in [1.82, 2.24) is 10.2 Å². The molecule has 15 heavy (non-hydrogen) atoms. The van der Waals surface area contributed by atoms with Crippen LogP contribution < -0.4 is 5.32 Å². The Labute approximate surface area is 94.4 Å². The highest BCUT2D eigenvalue weighted by atomic mass is 15.2. The van der Waals surface area contributed by atoms with Gasteiger partial charge in [-0.25, -0.2) is 0 Å². The molecule has 2 aliphatic rings. The lowest BCUT2D eigenvalue weighted by Crippen LogP contribution is -2.40. The molecule has 0 heterocycles. The fraction of sp³-hybridized carbons (Fsp3) is 1.00. The number of hydrogen-bond acceptors (Lipinski definition) is 2. The number of nitrogens with zero attached hydrogens (tertiary/aromatic N) is 1. The Morgan fingerprint density at radius 1 is 1.20 bits per heavy atom. The van der Waals surface area contributed by atoms with Crippen molar-refractivity contribution < 1.29 is 0 Å². The normalized spacial score (nSPS) is 25.0. The topological polar surface area (TPSA) is 15.3 Å². The Morgan fingerprint density at radius 2 is 1.87 bits per heavy atom. The first kappa shape index (κ1) is 11.4. The maximum Gasteiger partial charge on any atom is 0.0192 e. The molecule has 0 amide bonds. The van der Waals surface area contributed by atoms with Crippen LogP contribution in [-0.2, 0) is 0 Å². The van der Waals surface area contributed by atoms with Crippen LogP contribution in [0.2, 0.25) is 0 Å². The van der Waals surface area contributed by atoms with Crippen LogP contribution in [0.15, 0.2) is 0 Å². The van der Waals surface area contributed by atoms with Crippen molar-refractivity contribution in [1.29, 1.82) is 0 Å². The van der Waals surface area contributed by atoms with Crippen molar-refractivity contribution in [3.63, 3.8) is 0 Å². The van der Waals surface area contributed by atoms with E-state index < -0.39 is 0 Å². The minimum atomic E-state index is 0.707. The summed E-state index contributed by atoms with van der Waals surface area (Å²) < 4.78 is 0. The van der Waals surface area contributed by atoms with Crippen molar-refractivity contribution in [2.24, 2.45) is 5.92 Å². The van der Waals surface area contributed by atoms with Gasteiger partial charge in [0, 0.05) is 18.6 Å². The average molecular weight is 210 g/mol. The van der Waals surface area contributed by atoms with Gasteiger partial charge in [0.25, 0.3) is 0 Å². The van der Waals surface area contributed by atoms with Gasteiger partial charge in [-0.3, -0.25) is 4.90 Å². The van der Waals surface area contributed by atoms with E-state index in [4.69, 9.17) is 0 Å². The van der Waals surface area contributed by atoms with E-state index in [0.29, 0.717) is 6.04 Å². The molecule has 0 radical (unpaired) electrons. The van der Waals surface area contributed by atoms with E-state index in [-0.39, 0.29) is 0 Å². The summed E-state index contributed by atoms with van der Waals surface area (Å²) in [5.41, 5.74) is 0. The molecule has 0 spiro atoms. The average Bonchev–Trinajstić information content (AvgIpc) is 2.96. The van der Waals surface area contributed by atoms with Gasteiger partial charge in [-0.2, -0.15) is 0 Å². The second kappa shape index (κ2) is 5.31. The van der Waals surface area contributed by atoms with Crippen molar-refractivity contribution >= 4 is 0 Å². The van der Waals surface area contributed by atoms with Crippen molar-refractivity contribution in [2.75, 3.05) is 20.1 Å². The van der Waals surface area contributed by atoms with Gasteiger partial charge in [0.2, 0.25) is 0 Å². The molecule has 2 aliphatic carbocycles. The van der Waals surface area contributed by atoms with Crippen LogP contribution in [0, 0.1) is 5.92 Å². The van der Waals surface area contributed by atoms with E-state index in [2.05, 4.69) is 24.2 Å². The lowest BCUT2D eigenvalue weighted by atomic mass is 10.1. The summed E-state index contributed by atoms with van der Waals surface area (Å²) in [4.78, 5) is 2.54. The molecular weight excluding hydrogens is 184 g/mol. The predicted molar refractivity (Wildman–Crippen MR) is 65.1 cm³/mol. The van der Waals surface area contributed by atoms with Crippen LogP contribution >= 0.6 is 0 Å². The van der Waals surface area contributed by atoms with Gasteiger partial charge in [0.05, 0.1) is 0 Å². The highest BCUT2D eigenvalue weighted by Crippen LogP contribution is 2.27. The third-order valence-corrected chi connectivity index (χ3v) is 4.17. The quantitative estimate of drug-likeness (QED) is 0.723. The highest BCUT2D eigenvalue weighted by Gasteiger charge is 2.28. The van der Waals surface area contributed by atoms with Gasteiger partial charge in [0.15, 0.2) is 0 Å². The monoisotopic (exact) mass is 210 g/mol. The number of rotatable bonds is 6. The van der Waals surface area contributed by atoms with Crippen LogP contribution in [0.4, 0.5) is 0 Å². The first-order chi connectivity index (χ1) is 7.27. The first-order valence-electron chi connectivity index (χ1n) is 6.70. The van der Waals surface area contributed by atoms with Gasteiger partial charge in [-0.1, -0.05) is 12.8 Å². The first-order valence-corrected chi connectivity index (χ1v) is 6.70. The molecule has 1 unspecified atom stereocenters. The number of hydrogen-bond donors (Lipinski definition) is 1. The van der Waals surface area contributed by atoms with Crippen molar-refractivity contribution in [2.45, 2.75) is 57.5 Å². The molecule has 2 nitrogen and oxygen atoms in total. The molecule has 2 rings (SSSR count). The highest BCUT2D eigenvalue weighted by molar-refractivity contribution is 4.86. The van der Waals surface area contributed by atoms with E-state index >= 15 is 0 Å². The van der Waals surface area contributed by atoms with Gasteiger partial charge in [0.1, 0.15) is 0 Å². The van der Waals surface area contributed by atoms with Crippen LogP contribution in [-0.4, -0.2) is 37.1 Å². The summed E-state index contributed by atoms with van der Waals surface area (Å²) in [5, 5.41) is 3.65. The largest absolute Gasteiger partial charge is 0.315 e. The zero-order valence-electron chi connectivity index (χ0n) is 10.3. The molecule has 2 fully saturated rings. The Kier molecular flexibility index (Phi) is 4.04. The Bertz CT molecular complexity index is 183. The molecule has 1 N–H and O–H groups in total. The minimum Gasteiger partial charge on any atom is -0.315 e. The smallest absolute Gasteiger partial charge is 0.0192 e. The Morgan fingerprint density at radius 3 is 2.47 bits per heavy atom. The second-order valence-electron chi connectivity index (χ2n) is 5.55.